The predicted molar refractivity (Wildman–Crippen MR) is 74.3 cm³/mol. The predicted octanol–water partition coefficient (Wildman–Crippen LogP) is 2.49. The van der Waals surface area contributed by atoms with E-state index in [1.165, 1.54) is 0 Å². The van der Waals surface area contributed by atoms with E-state index < -0.39 is 11.9 Å². The highest BCUT2D eigenvalue weighted by Crippen LogP contribution is 2.16. The molecule has 0 aromatic heterocycles. The maximum absolute atomic E-state index is 12.4. The van der Waals surface area contributed by atoms with E-state index in [-0.39, 0.29) is 12.5 Å². The Morgan fingerprint density at radius 2 is 1.95 bits per heavy atom. The van der Waals surface area contributed by atoms with Crippen molar-refractivity contribution >= 4 is 11.9 Å². The molecular formula is C15H21NO3. The quantitative estimate of drug-likeness (QED) is 0.888. The third kappa shape index (κ3) is 3.56. The van der Waals surface area contributed by atoms with E-state index in [0.29, 0.717) is 12.1 Å². The first kappa shape index (κ1) is 15.2. The second-order valence-corrected chi connectivity index (χ2v) is 4.83. The molecule has 104 valence electrons. The van der Waals surface area contributed by atoms with Crippen LogP contribution in [-0.4, -0.2) is 35.0 Å². The summed E-state index contributed by atoms with van der Waals surface area (Å²) in [5, 5.41) is 8.94. The highest BCUT2D eigenvalue weighted by atomic mass is 16.4. The molecule has 0 spiro atoms. The fraction of sp³-hybridized carbons (Fsp3) is 0.467. The zero-order chi connectivity index (χ0) is 14.6. The molecule has 0 saturated carbocycles. The van der Waals surface area contributed by atoms with Crippen LogP contribution in [0.25, 0.3) is 0 Å². The van der Waals surface area contributed by atoms with Gasteiger partial charge in [-0.25, -0.2) is 0 Å². The van der Waals surface area contributed by atoms with Crippen molar-refractivity contribution in [1.82, 2.24) is 4.90 Å². The number of aryl methyl sites for hydroxylation is 1. The van der Waals surface area contributed by atoms with Crippen LogP contribution >= 0.6 is 0 Å². The van der Waals surface area contributed by atoms with Crippen molar-refractivity contribution in [3.8, 4) is 0 Å². The highest BCUT2D eigenvalue weighted by molar-refractivity contribution is 5.96. The molecule has 19 heavy (non-hydrogen) atoms. The number of benzene rings is 1. The first-order valence-corrected chi connectivity index (χ1v) is 6.46. The molecule has 0 bridgehead atoms. The Labute approximate surface area is 114 Å². The average molecular weight is 263 g/mol. The summed E-state index contributed by atoms with van der Waals surface area (Å²) >= 11 is 0. The number of carbonyl (C=O) groups is 2. The van der Waals surface area contributed by atoms with Crippen molar-refractivity contribution in [2.24, 2.45) is 5.92 Å². The maximum Gasteiger partial charge on any atom is 0.308 e. The zero-order valence-electron chi connectivity index (χ0n) is 11.9. The van der Waals surface area contributed by atoms with Gasteiger partial charge in [-0.05, 0) is 38.0 Å². The van der Waals surface area contributed by atoms with Gasteiger partial charge in [-0.3, -0.25) is 9.59 Å². The normalized spacial score (nSPS) is 12.0. The number of hydrogen-bond acceptors (Lipinski definition) is 2. The van der Waals surface area contributed by atoms with Crippen LogP contribution in [0.15, 0.2) is 18.2 Å². The summed E-state index contributed by atoms with van der Waals surface area (Å²) in [7, 11) is 0. The molecule has 1 rings (SSSR count). The fourth-order valence-corrected chi connectivity index (χ4v) is 1.92. The third-order valence-corrected chi connectivity index (χ3v) is 3.42. The lowest BCUT2D eigenvalue weighted by molar-refractivity contribution is -0.141. The summed E-state index contributed by atoms with van der Waals surface area (Å²) < 4.78 is 0. The lowest BCUT2D eigenvalue weighted by atomic mass is 10.0. The molecule has 0 aliphatic rings. The van der Waals surface area contributed by atoms with Gasteiger partial charge in [0.1, 0.15) is 0 Å². The Kier molecular flexibility index (Phi) is 5.10. The van der Waals surface area contributed by atoms with E-state index >= 15 is 0 Å². The van der Waals surface area contributed by atoms with Crippen LogP contribution in [0.1, 0.15) is 35.3 Å². The Hall–Kier alpha value is -1.84. The van der Waals surface area contributed by atoms with E-state index in [1.807, 2.05) is 32.9 Å². The molecular weight excluding hydrogens is 242 g/mol. The molecule has 1 amide bonds. The molecule has 1 aromatic rings. The minimum Gasteiger partial charge on any atom is -0.481 e. The van der Waals surface area contributed by atoms with Gasteiger partial charge in [0.2, 0.25) is 0 Å². The van der Waals surface area contributed by atoms with Gasteiger partial charge >= 0.3 is 5.97 Å². The lowest BCUT2D eigenvalue weighted by Crippen LogP contribution is -2.37. The van der Waals surface area contributed by atoms with Crippen molar-refractivity contribution in [1.29, 1.82) is 0 Å². The van der Waals surface area contributed by atoms with Crippen LogP contribution in [0.4, 0.5) is 0 Å². The molecule has 0 fully saturated rings. The summed E-state index contributed by atoms with van der Waals surface area (Å²) in [5.74, 6) is -1.54. The van der Waals surface area contributed by atoms with Crippen LogP contribution in [0.3, 0.4) is 0 Å². The Balaban J connectivity index is 2.96. The molecule has 0 aliphatic carbocycles. The minimum atomic E-state index is -0.882. The SMILES string of the molecule is CCN(CC(C)C(=O)O)C(=O)c1cccc(C)c1C. The molecule has 1 aromatic carbocycles. The summed E-state index contributed by atoms with van der Waals surface area (Å²) in [6.07, 6.45) is 0. The number of nitrogens with zero attached hydrogens (tertiary/aromatic N) is 1. The second-order valence-electron chi connectivity index (χ2n) is 4.83. The minimum absolute atomic E-state index is 0.100. The van der Waals surface area contributed by atoms with Crippen molar-refractivity contribution in [2.75, 3.05) is 13.1 Å². The van der Waals surface area contributed by atoms with Crippen molar-refractivity contribution in [3.63, 3.8) is 0 Å². The number of hydrogen-bond donors (Lipinski definition) is 1. The van der Waals surface area contributed by atoms with E-state index in [2.05, 4.69) is 0 Å². The number of rotatable bonds is 5. The number of carbonyl (C=O) groups excluding carboxylic acids is 1. The number of amides is 1. The summed E-state index contributed by atoms with van der Waals surface area (Å²) in [6, 6.07) is 5.60. The van der Waals surface area contributed by atoms with Gasteiger partial charge in [0.05, 0.1) is 5.92 Å². The van der Waals surface area contributed by atoms with E-state index in [9.17, 15) is 9.59 Å². The molecule has 4 nitrogen and oxygen atoms in total. The van der Waals surface area contributed by atoms with Gasteiger partial charge in [0, 0.05) is 18.7 Å². The molecule has 0 radical (unpaired) electrons. The van der Waals surface area contributed by atoms with Gasteiger partial charge in [-0.1, -0.05) is 19.1 Å². The molecule has 0 saturated heterocycles. The van der Waals surface area contributed by atoms with Crippen LogP contribution < -0.4 is 0 Å². The first-order valence-electron chi connectivity index (χ1n) is 6.46. The van der Waals surface area contributed by atoms with Crippen LogP contribution in [0, 0.1) is 19.8 Å². The third-order valence-electron chi connectivity index (χ3n) is 3.42. The summed E-state index contributed by atoms with van der Waals surface area (Å²) in [4.78, 5) is 24.9. The Bertz CT molecular complexity index is 482. The van der Waals surface area contributed by atoms with E-state index in [0.717, 1.165) is 11.1 Å². The lowest BCUT2D eigenvalue weighted by Gasteiger charge is -2.24. The molecule has 1 N–H and O–H groups in total. The summed E-state index contributed by atoms with van der Waals surface area (Å²) in [6.45, 7) is 8.08. The highest BCUT2D eigenvalue weighted by Gasteiger charge is 2.21. The van der Waals surface area contributed by atoms with Gasteiger partial charge in [-0.2, -0.15) is 0 Å². The maximum atomic E-state index is 12.4. The molecule has 4 heteroatoms. The van der Waals surface area contributed by atoms with E-state index in [1.54, 1.807) is 17.9 Å². The van der Waals surface area contributed by atoms with Crippen LogP contribution in [0.5, 0.6) is 0 Å². The van der Waals surface area contributed by atoms with Gasteiger partial charge in [0.15, 0.2) is 0 Å². The van der Waals surface area contributed by atoms with Crippen LogP contribution in [-0.2, 0) is 4.79 Å². The van der Waals surface area contributed by atoms with Gasteiger partial charge < -0.3 is 10.0 Å². The van der Waals surface area contributed by atoms with Crippen LogP contribution in [0.2, 0.25) is 0 Å². The largest absolute Gasteiger partial charge is 0.481 e. The van der Waals surface area contributed by atoms with E-state index in [4.69, 9.17) is 5.11 Å². The molecule has 1 atom stereocenters. The standard InChI is InChI=1S/C15H21NO3/c1-5-16(9-11(3)15(18)19)14(17)13-8-6-7-10(2)12(13)4/h6-8,11H,5,9H2,1-4H3,(H,18,19). The molecule has 0 heterocycles. The average Bonchev–Trinajstić information content (AvgIpc) is 2.38. The number of carboxylic acid groups (broad SMARTS) is 1. The first-order chi connectivity index (χ1) is 8.88. The topological polar surface area (TPSA) is 57.6 Å². The Morgan fingerprint density at radius 1 is 1.32 bits per heavy atom. The number of aliphatic carboxylic acids is 1. The second kappa shape index (κ2) is 6.36. The smallest absolute Gasteiger partial charge is 0.308 e. The Morgan fingerprint density at radius 3 is 2.47 bits per heavy atom. The van der Waals surface area contributed by atoms with Gasteiger partial charge in [0.25, 0.3) is 5.91 Å². The molecule has 1 unspecified atom stereocenters. The fourth-order valence-electron chi connectivity index (χ4n) is 1.92. The zero-order valence-corrected chi connectivity index (χ0v) is 11.9. The molecule has 0 aliphatic heterocycles. The monoisotopic (exact) mass is 263 g/mol. The van der Waals surface area contributed by atoms with Gasteiger partial charge in [-0.15, -0.1) is 0 Å². The van der Waals surface area contributed by atoms with Crippen molar-refractivity contribution in [2.45, 2.75) is 27.7 Å². The number of carboxylic acids is 1. The van der Waals surface area contributed by atoms with Crippen molar-refractivity contribution in [3.05, 3.63) is 34.9 Å². The summed E-state index contributed by atoms with van der Waals surface area (Å²) in [5.41, 5.74) is 2.67. The van der Waals surface area contributed by atoms with Crippen molar-refractivity contribution < 1.29 is 14.7 Å².